The van der Waals surface area contributed by atoms with Crippen LogP contribution >= 0.6 is 0 Å². The molecule has 0 spiro atoms. The number of hydrogen-bond donors (Lipinski definition) is 2. The molecule has 0 fully saturated rings. The SMILES string of the molecule is Cc1cc(C)cc(-n2nc(C(=O)Nc3ccc4c(c3)NC(=O)C(C)O4)cc2C)c1. The van der Waals surface area contributed by atoms with E-state index in [0.717, 1.165) is 22.5 Å². The van der Waals surface area contributed by atoms with Gasteiger partial charge in [-0.1, -0.05) is 6.07 Å². The Morgan fingerprint density at radius 2 is 1.83 bits per heavy atom. The van der Waals surface area contributed by atoms with Crippen molar-refractivity contribution in [2.45, 2.75) is 33.8 Å². The quantitative estimate of drug-likeness (QED) is 0.713. The number of nitrogens with one attached hydrogen (secondary N) is 2. The zero-order chi connectivity index (χ0) is 20.7. The van der Waals surface area contributed by atoms with E-state index in [4.69, 9.17) is 4.74 Å². The van der Waals surface area contributed by atoms with E-state index in [9.17, 15) is 9.59 Å². The van der Waals surface area contributed by atoms with Crippen molar-refractivity contribution in [1.29, 1.82) is 0 Å². The maximum atomic E-state index is 12.7. The molecule has 1 aliphatic heterocycles. The van der Waals surface area contributed by atoms with E-state index < -0.39 is 6.10 Å². The number of benzene rings is 2. The standard InChI is InChI=1S/C22H22N4O3/c1-12-7-13(2)9-17(8-12)26-14(3)10-19(25-26)22(28)23-16-5-6-20-18(11-16)24-21(27)15(4)29-20/h5-11,15H,1-4H3,(H,23,28)(H,24,27). The smallest absolute Gasteiger partial charge is 0.276 e. The van der Waals surface area contributed by atoms with Crippen molar-refractivity contribution in [3.05, 3.63) is 65.0 Å². The fraction of sp³-hybridized carbons (Fsp3) is 0.227. The highest BCUT2D eigenvalue weighted by molar-refractivity contribution is 6.04. The van der Waals surface area contributed by atoms with E-state index in [1.807, 2.05) is 32.9 Å². The third kappa shape index (κ3) is 3.71. The minimum absolute atomic E-state index is 0.219. The maximum absolute atomic E-state index is 12.7. The fourth-order valence-electron chi connectivity index (χ4n) is 3.40. The Morgan fingerprint density at radius 3 is 2.55 bits per heavy atom. The minimum Gasteiger partial charge on any atom is -0.479 e. The van der Waals surface area contributed by atoms with Crippen LogP contribution in [0.4, 0.5) is 11.4 Å². The number of nitrogens with zero attached hydrogens (tertiary/aromatic N) is 2. The number of fused-ring (bicyclic) bond motifs is 1. The van der Waals surface area contributed by atoms with Crippen LogP contribution in [0.25, 0.3) is 5.69 Å². The molecule has 2 N–H and O–H groups in total. The van der Waals surface area contributed by atoms with Crippen molar-refractivity contribution in [2.24, 2.45) is 0 Å². The Kier molecular flexibility index (Phi) is 4.58. The molecule has 1 atom stereocenters. The van der Waals surface area contributed by atoms with Crippen LogP contribution in [-0.4, -0.2) is 27.7 Å². The van der Waals surface area contributed by atoms with E-state index in [1.165, 1.54) is 0 Å². The highest BCUT2D eigenvalue weighted by Crippen LogP contribution is 2.32. The number of carbonyl (C=O) groups is 2. The highest BCUT2D eigenvalue weighted by Gasteiger charge is 2.24. The molecule has 29 heavy (non-hydrogen) atoms. The van der Waals surface area contributed by atoms with Crippen LogP contribution < -0.4 is 15.4 Å². The molecule has 2 aromatic carbocycles. The van der Waals surface area contributed by atoms with Crippen LogP contribution in [0, 0.1) is 20.8 Å². The lowest BCUT2D eigenvalue weighted by Gasteiger charge is -2.23. The molecular weight excluding hydrogens is 368 g/mol. The molecule has 0 bridgehead atoms. The summed E-state index contributed by atoms with van der Waals surface area (Å²) in [5.74, 6) is 0.0291. The fourth-order valence-corrected chi connectivity index (χ4v) is 3.40. The number of hydrogen-bond acceptors (Lipinski definition) is 4. The van der Waals surface area contributed by atoms with Gasteiger partial charge in [0.25, 0.3) is 11.8 Å². The lowest BCUT2D eigenvalue weighted by Crippen LogP contribution is -2.34. The van der Waals surface area contributed by atoms with Crippen LogP contribution in [0.15, 0.2) is 42.5 Å². The molecule has 1 aromatic heterocycles. The molecule has 1 unspecified atom stereocenters. The van der Waals surface area contributed by atoms with Crippen molar-refractivity contribution in [2.75, 3.05) is 10.6 Å². The summed E-state index contributed by atoms with van der Waals surface area (Å²) in [5, 5.41) is 10.1. The summed E-state index contributed by atoms with van der Waals surface area (Å²) in [5.41, 5.74) is 5.44. The number of aromatic nitrogens is 2. The molecule has 3 aromatic rings. The van der Waals surface area contributed by atoms with E-state index >= 15 is 0 Å². The highest BCUT2D eigenvalue weighted by atomic mass is 16.5. The van der Waals surface area contributed by atoms with Crippen LogP contribution in [0.1, 0.15) is 34.2 Å². The zero-order valence-corrected chi connectivity index (χ0v) is 16.7. The normalized spacial score (nSPS) is 15.3. The lowest BCUT2D eigenvalue weighted by molar-refractivity contribution is -0.122. The number of amides is 2. The third-order valence-corrected chi connectivity index (χ3v) is 4.74. The molecular formula is C22H22N4O3. The molecule has 0 saturated carbocycles. The second kappa shape index (κ2) is 7.09. The Bertz CT molecular complexity index is 1110. The van der Waals surface area contributed by atoms with Gasteiger partial charge in [0.05, 0.1) is 11.4 Å². The molecule has 4 rings (SSSR count). The van der Waals surface area contributed by atoms with Gasteiger partial charge >= 0.3 is 0 Å². The average molecular weight is 390 g/mol. The van der Waals surface area contributed by atoms with Crippen LogP contribution in [-0.2, 0) is 4.79 Å². The lowest BCUT2D eigenvalue weighted by atomic mass is 10.1. The van der Waals surface area contributed by atoms with E-state index in [0.29, 0.717) is 22.8 Å². The molecule has 7 heteroatoms. The topological polar surface area (TPSA) is 85.3 Å². The second-order valence-electron chi connectivity index (χ2n) is 7.34. The summed E-state index contributed by atoms with van der Waals surface area (Å²) >= 11 is 0. The molecule has 0 radical (unpaired) electrons. The molecule has 1 aliphatic rings. The summed E-state index contributed by atoms with van der Waals surface area (Å²) in [6, 6.07) is 13.0. The van der Waals surface area contributed by atoms with Gasteiger partial charge in [-0.15, -0.1) is 0 Å². The Hall–Kier alpha value is -3.61. The molecule has 148 valence electrons. The number of rotatable bonds is 3. The first-order valence-electron chi connectivity index (χ1n) is 9.38. The van der Waals surface area contributed by atoms with Crippen LogP contribution in [0.5, 0.6) is 5.75 Å². The molecule has 2 amide bonds. The van der Waals surface area contributed by atoms with Crippen LogP contribution in [0.3, 0.4) is 0 Å². The van der Waals surface area contributed by atoms with Crippen molar-refractivity contribution in [3.8, 4) is 11.4 Å². The molecule has 0 saturated heterocycles. The summed E-state index contributed by atoms with van der Waals surface area (Å²) < 4.78 is 7.30. The second-order valence-corrected chi connectivity index (χ2v) is 7.34. The summed E-state index contributed by atoms with van der Waals surface area (Å²) in [7, 11) is 0. The summed E-state index contributed by atoms with van der Waals surface area (Å²) in [4.78, 5) is 24.5. The van der Waals surface area contributed by atoms with Crippen LogP contribution in [0.2, 0.25) is 0 Å². The largest absolute Gasteiger partial charge is 0.479 e. The van der Waals surface area contributed by atoms with Crippen molar-refractivity contribution in [3.63, 3.8) is 0 Å². The first kappa shape index (κ1) is 18.7. The first-order valence-corrected chi connectivity index (χ1v) is 9.38. The van der Waals surface area contributed by atoms with Gasteiger partial charge in [-0.25, -0.2) is 4.68 Å². The van der Waals surface area contributed by atoms with Crippen molar-refractivity contribution in [1.82, 2.24) is 9.78 Å². The first-order chi connectivity index (χ1) is 13.8. The van der Waals surface area contributed by atoms with E-state index in [1.54, 1.807) is 35.9 Å². The van der Waals surface area contributed by atoms with Gasteiger partial charge in [0.1, 0.15) is 5.75 Å². The van der Waals surface area contributed by atoms with Gasteiger partial charge in [-0.05, 0) is 75.2 Å². The van der Waals surface area contributed by atoms with Gasteiger partial charge in [-0.3, -0.25) is 9.59 Å². The minimum atomic E-state index is -0.542. The van der Waals surface area contributed by atoms with Gasteiger partial charge in [0, 0.05) is 11.4 Å². The average Bonchev–Trinajstić information content (AvgIpc) is 3.04. The van der Waals surface area contributed by atoms with E-state index in [-0.39, 0.29) is 11.8 Å². The van der Waals surface area contributed by atoms with Gasteiger partial charge in [0.2, 0.25) is 0 Å². The van der Waals surface area contributed by atoms with Gasteiger partial charge < -0.3 is 15.4 Å². The Morgan fingerprint density at radius 1 is 1.10 bits per heavy atom. The molecule has 7 nitrogen and oxygen atoms in total. The van der Waals surface area contributed by atoms with Crippen molar-refractivity contribution >= 4 is 23.2 Å². The molecule has 2 heterocycles. The summed E-state index contributed by atoms with van der Waals surface area (Å²) in [6.45, 7) is 7.65. The monoisotopic (exact) mass is 390 g/mol. The Balaban J connectivity index is 1.57. The zero-order valence-electron chi connectivity index (χ0n) is 16.7. The number of carbonyl (C=O) groups excluding carboxylic acids is 2. The predicted octanol–water partition coefficient (Wildman–Crippen LogP) is 3.77. The number of aryl methyl sites for hydroxylation is 3. The number of ether oxygens (including phenoxy) is 1. The third-order valence-electron chi connectivity index (χ3n) is 4.74. The van der Waals surface area contributed by atoms with Gasteiger partial charge in [0.15, 0.2) is 11.8 Å². The Labute approximate surface area is 168 Å². The predicted molar refractivity (Wildman–Crippen MR) is 111 cm³/mol. The van der Waals surface area contributed by atoms with Crippen molar-refractivity contribution < 1.29 is 14.3 Å². The summed E-state index contributed by atoms with van der Waals surface area (Å²) in [6.07, 6.45) is -0.542. The van der Waals surface area contributed by atoms with E-state index in [2.05, 4.69) is 21.8 Å². The number of anilines is 2. The molecule has 0 aliphatic carbocycles. The maximum Gasteiger partial charge on any atom is 0.276 e. The van der Waals surface area contributed by atoms with Gasteiger partial charge in [-0.2, -0.15) is 5.10 Å².